The van der Waals surface area contributed by atoms with Crippen molar-refractivity contribution in [3.05, 3.63) is 53.3 Å². The minimum atomic E-state index is 0.136. The molecule has 0 spiro atoms. The SMILES string of the molecule is Oc1cc(Cl)ccc1COc1cccnc1. The maximum atomic E-state index is 9.59. The molecule has 3 nitrogen and oxygen atoms in total. The summed E-state index contributed by atoms with van der Waals surface area (Å²) in [5, 5.41) is 10.1. The van der Waals surface area contributed by atoms with Gasteiger partial charge in [-0.05, 0) is 24.3 Å². The van der Waals surface area contributed by atoms with Crippen molar-refractivity contribution in [3.8, 4) is 11.5 Å². The Bertz CT molecular complexity index is 474. The summed E-state index contributed by atoms with van der Waals surface area (Å²) in [6.45, 7) is 0.286. The van der Waals surface area contributed by atoms with E-state index in [0.717, 1.165) is 0 Å². The molecule has 0 bridgehead atoms. The first-order valence-corrected chi connectivity index (χ1v) is 5.14. The fourth-order valence-corrected chi connectivity index (χ4v) is 1.42. The van der Waals surface area contributed by atoms with Gasteiger partial charge in [0.2, 0.25) is 0 Å². The van der Waals surface area contributed by atoms with Gasteiger partial charge in [0.15, 0.2) is 0 Å². The van der Waals surface area contributed by atoms with E-state index in [1.54, 1.807) is 36.7 Å². The van der Waals surface area contributed by atoms with Crippen LogP contribution in [0.2, 0.25) is 5.02 Å². The highest BCUT2D eigenvalue weighted by atomic mass is 35.5. The lowest BCUT2D eigenvalue weighted by molar-refractivity contribution is 0.298. The monoisotopic (exact) mass is 235 g/mol. The summed E-state index contributed by atoms with van der Waals surface area (Å²) in [5.41, 5.74) is 0.688. The molecule has 0 radical (unpaired) electrons. The van der Waals surface area contributed by atoms with E-state index in [2.05, 4.69) is 4.98 Å². The number of hydrogen-bond acceptors (Lipinski definition) is 3. The van der Waals surface area contributed by atoms with Crippen molar-refractivity contribution in [2.75, 3.05) is 0 Å². The van der Waals surface area contributed by atoms with Crippen LogP contribution in [-0.2, 0) is 6.61 Å². The molecule has 0 unspecified atom stereocenters. The van der Waals surface area contributed by atoms with E-state index in [0.29, 0.717) is 16.3 Å². The van der Waals surface area contributed by atoms with Crippen molar-refractivity contribution in [2.45, 2.75) is 6.61 Å². The third-order valence-electron chi connectivity index (χ3n) is 2.08. The maximum Gasteiger partial charge on any atom is 0.138 e. The average Bonchev–Trinajstić information content (AvgIpc) is 2.29. The highest BCUT2D eigenvalue weighted by Gasteiger charge is 2.02. The second kappa shape index (κ2) is 4.86. The van der Waals surface area contributed by atoms with Gasteiger partial charge in [0.05, 0.1) is 6.20 Å². The predicted octanol–water partition coefficient (Wildman–Crippen LogP) is 3.02. The van der Waals surface area contributed by atoms with Gasteiger partial charge >= 0.3 is 0 Å². The lowest BCUT2D eigenvalue weighted by atomic mass is 10.2. The lowest BCUT2D eigenvalue weighted by Gasteiger charge is -2.07. The van der Waals surface area contributed by atoms with Crippen LogP contribution in [0.25, 0.3) is 0 Å². The number of aromatic nitrogens is 1. The topological polar surface area (TPSA) is 42.4 Å². The van der Waals surface area contributed by atoms with E-state index in [9.17, 15) is 5.11 Å². The Hall–Kier alpha value is -1.74. The second-order valence-corrected chi connectivity index (χ2v) is 3.69. The molecule has 0 aliphatic rings. The van der Waals surface area contributed by atoms with Gasteiger partial charge in [0.1, 0.15) is 18.1 Å². The van der Waals surface area contributed by atoms with Crippen LogP contribution in [0.4, 0.5) is 0 Å². The summed E-state index contributed by atoms with van der Waals surface area (Å²) in [4.78, 5) is 3.92. The highest BCUT2D eigenvalue weighted by Crippen LogP contribution is 2.23. The number of halogens is 1. The first-order valence-electron chi connectivity index (χ1n) is 4.76. The number of phenols is 1. The number of hydrogen-bond donors (Lipinski definition) is 1. The van der Waals surface area contributed by atoms with Crippen LogP contribution in [0.1, 0.15) is 5.56 Å². The highest BCUT2D eigenvalue weighted by molar-refractivity contribution is 6.30. The zero-order valence-electron chi connectivity index (χ0n) is 8.43. The fourth-order valence-electron chi connectivity index (χ4n) is 1.25. The van der Waals surface area contributed by atoms with Crippen LogP contribution in [0.3, 0.4) is 0 Å². The second-order valence-electron chi connectivity index (χ2n) is 3.25. The van der Waals surface area contributed by atoms with Gasteiger partial charge < -0.3 is 9.84 Å². The Morgan fingerprint density at radius 1 is 1.31 bits per heavy atom. The van der Waals surface area contributed by atoms with Crippen molar-refractivity contribution < 1.29 is 9.84 Å². The molecule has 0 aliphatic heterocycles. The first-order chi connectivity index (χ1) is 7.75. The molecule has 0 fully saturated rings. The van der Waals surface area contributed by atoms with E-state index in [4.69, 9.17) is 16.3 Å². The number of rotatable bonds is 3. The molecule has 0 aliphatic carbocycles. The molecule has 82 valence electrons. The van der Waals surface area contributed by atoms with E-state index in [1.807, 2.05) is 0 Å². The van der Waals surface area contributed by atoms with Gasteiger partial charge in [-0.15, -0.1) is 0 Å². The molecule has 1 N–H and O–H groups in total. The molecule has 16 heavy (non-hydrogen) atoms. The van der Waals surface area contributed by atoms with Crippen LogP contribution in [0, 0.1) is 0 Å². The Kier molecular flexibility index (Phi) is 3.27. The quantitative estimate of drug-likeness (QED) is 0.889. The lowest BCUT2D eigenvalue weighted by Crippen LogP contribution is -1.95. The Morgan fingerprint density at radius 3 is 2.88 bits per heavy atom. The number of pyridine rings is 1. The summed E-state index contributed by atoms with van der Waals surface area (Å²) >= 11 is 5.72. The third-order valence-corrected chi connectivity index (χ3v) is 2.31. The Balaban J connectivity index is 2.05. The number of nitrogens with zero attached hydrogens (tertiary/aromatic N) is 1. The molecule has 0 amide bonds. The summed E-state index contributed by atoms with van der Waals surface area (Å²) in [6.07, 6.45) is 3.29. The van der Waals surface area contributed by atoms with Crippen molar-refractivity contribution in [2.24, 2.45) is 0 Å². The smallest absolute Gasteiger partial charge is 0.138 e. The molecule has 0 atom stereocenters. The van der Waals surface area contributed by atoms with E-state index in [-0.39, 0.29) is 12.4 Å². The average molecular weight is 236 g/mol. The summed E-state index contributed by atoms with van der Waals surface area (Å²) in [7, 11) is 0. The zero-order chi connectivity index (χ0) is 11.4. The molecule has 4 heteroatoms. The molecular formula is C12H10ClNO2. The van der Waals surface area contributed by atoms with E-state index < -0.39 is 0 Å². The summed E-state index contributed by atoms with van der Waals surface area (Å²) in [6, 6.07) is 8.53. The molecule has 0 saturated carbocycles. The zero-order valence-corrected chi connectivity index (χ0v) is 9.19. The largest absolute Gasteiger partial charge is 0.507 e. The molecule has 1 aromatic carbocycles. The maximum absolute atomic E-state index is 9.59. The standard InChI is InChI=1S/C12H10ClNO2/c13-10-4-3-9(12(15)6-10)8-16-11-2-1-5-14-7-11/h1-7,15H,8H2. The van der Waals surface area contributed by atoms with E-state index in [1.165, 1.54) is 6.07 Å². The number of phenolic OH excluding ortho intramolecular Hbond substituents is 1. The molecule has 0 saturated heterocycles. The number of ether oxygens (including phenoxy) is 1. The number of benzene rings is 1. The minimum absolute atomic E-state index is 0.136. The van der Waals surface area contributed by atoms with Gasteiger partial charge in [0.25, 0.3) is 0 Å². The van der Waals surface area contributed by atoms with Crippen molar-refractivity contribution in [1.29, 1.82) is 0 Å². The normalized spacial score (nSPS) is 10.1. The van der Waals surface area contributed by atoms with Crippen molar-refractivity contribution in [3.63, 3.8) is 0 Å². The minimum Gasteiger partial charge on any atom is -0.507 e. The fraction of sp³-hybridized carbons (Fsp3) is 0.0833. The first kappa shape index (κ1) is 10.8. The van der Waals surface area contributed by atoms with Crippen LogP contribution >= 0.6 is 11.6 Å². The van der Waals surface area contributed by atoms with Crippen LogP contribution < -0.4 is 4.74 Å². The van der Waals surface area contributed by atoms with Gasteiger partial charge in [-0.2, -0.15) is 0 Å². The van der Waals surface area contributed by atoms with E-state index >= 15 is 0 Å². The molecular weight excluding hydrogens is 226 g/mol. The summed E-state index contributed by atoms with van der Waals surface area (Å²) < 4.78 is 5.45. The summed E-state index contributed by atoms with van der Waals surface area (Å²) in [5.74, 6) is 0.799. The van der Waals surface area contributed by atoms with Crippen LogP contribution in [0.15, 0.2) is 42.7 Å². The van der Waals surface area contributed by atoms with Crippen LogP contribution in [-0.4, -0.2) is 10.1 Å². The molecule has 2 aromatic rings. The van der Waals surface area contributed by atoms with Crippen LogP contribution in [0.5, 0.6) is 11.5 Å². The number of aromatic hydroxyl groups is 1. The van der Waals surface area contributed by atoms with Gasteiger partial charge in [-0.1, -0.05) is 17.7 Å². The van der Waals surface area contributed by atoms with Crippen molar-refractivity contribution >= 4 is 11.6 Å². The Morgan fingerprint density at radius 2 is 2.19 bits per heavy atom. The van der Waals surface area contributed by atoms with Crippen molar-refractivity contribution in [1.82, 2.24) is 4.98 Å². The predicted molar refractivity (Wildman–Crippen MR) is 61.7 cm³/mol. The molecule has 1 aromatic heterocycles. The van der Waals surface area contributed by atoms with Gasteiger partial charge in [0, 0.05) is 16.8 Å². The van der Waals surface area contributed by atoms with Gasteiger partial charge in [-0.3, -0.25) is 4.98 Å². The molecule has 1 heterocycles. The third kappa shape index (κ3) is 2.64. The van der Waals surface area contributed by atoms with Gasteiger partial charge in [-0.25, -0.2) is 0 Å². The Labute approximate surface area is 98.3 Å². The molecule has 2 rings (SSSR count).